The van der Waals surface area contributed by atoms with Gasteiger partial charge in [-0.1, -0.05) is 0 Å². The smallest absolute Gasteiger partial charge is 0.358 e. The van der Waals surface area contributed by atoms with Crippen molar-refractivity contribution in [3.63, 3.8) is 0 Å². The first-order valence-corrected chi connectivity index (χ1v) is 2.99. The Morgan fingerprint density at radius 3 is 2.82 bits per heavy atom. The van der Waals surface area contributed by atoms with Gasteiger partial charge in [0, 0.05) is 0 Å². The van der Waals surface area contributed by atoms with Crippen LogP contribution in [0.15, 0.2) is 6.07 Å². The molecule has 0 radical (unpaired) electrons. The summed E-state index contributed by atoms with van der Waals surface area (Å²) < 4.78 is 4.42. The fraction of sp³-hybridized carbons (Fsp3) is 0.333. The molecule has 0 aliphatic carbocycles. The van der Waals surface area contributed by atoms with Gasteiger partial charge in [0.05, 0.1) is 12.8 Å². The zero-order valence-corrected chi connectivity index (χ0v) is 6.24. The van der Waals surface area contributed by atoms with Crippen molar-refractivity contribution in [2.24, 2.45) is 0 Å². The molecule has 0 saturated heterocycles. The minimum Gasteiger partial charge on any atom is -0.464 e. The maximum absolute atomic E-state index is 10.8. The molecule has 5 nitrogen and oxygen atoms in total. The highest BCUT2D eigenvalue weighted by atomic mass is 16.5. The summed E-state index contributed by atoms with van der Waals surface area (Å²) >= 11 is 0. The summed E-state index contributed by atoms with van der Waals surface area (Å²) in [6.07, 6.45) is 0. The molecule has 1 aromatic heterocycles. The summed E-state index contributed by atoms with van der Waals surface area (Å²) in [7, 11) is 1.29. The molecule has 0 N–H and O–H groups in total. The minimum absolute atomic E-state index is 0.181. The molecule has 1 aromatic rings. The van der Waals surface area contributed by atoms with Crippen LogP contribution in [-0.2, 0) is 4.74 Å². The normalized spacial score (nSPS) is 9.27. The van der Waals surface area contributed by atoms with Gasteiger partial charge in [-0.15, -0.1) is 10.2 Å². The minimum atomic E-state index is -0.497. The lowest BCUT2D eigenvalue weighted by Crippen LogP contribution is -2.06. The lowest BCUT2D eigenvalue weighted by Gasteiger charge is -1.95. The number of hydrogen-bond acceptors (Lipinski definition) is 5. The van der Waals surface area contributed by atoms with Crippen LogP contribution in [0.3, 0.4) is 0 Å². The second kappa shape index (κ2) is 3.05. The number of esters is 1. The molecule has 0 fully saturated rings. The van der Waals surface area contributed by atoms with E-state index in [2.05, 4.69) is 20.1 Å². The Bertz CT molecular complexity index is 274. The van der Waals surface area contributed by atoms with Crippen molar-refractivity contribution in [3.8, 4) is 0 Å². The van der Waals surface area contributed by atoms with Crippen LogP contribution in [0.4, 0.5) is 0 Å². The van der Waals surface area contributed by atoms with Gasteiger partial charge in [0.15, 0.2) is 5.69 Å². The molecule has 58 valence electrons. The second-order valence-electron chi connectivity index (χ2n) is 1.95. The van der Waals surface area contributed by atoms with Gasteiger partial charge in [0.2, 0.25) is 0 Å². The average molecular weight is 153 g/mol. The summed E-state index contributed by atoms with van der Waals surface area (Å²) in [4.78, 5) is 10.8. The molecule has 0 aliphatic rings. The number of ether oxygens (including phenoxy) is 1. The summed E-state index contributed by atoms with van der Waals surface area (Å²) in [6.45, 7) is 1.72. The van der Waals surface area contributed by atoms with Crippen LogP contribution in [0.1, 0.15) is 16.2 Å². The van der Waals surface area contributed by atoms with Crippen molar-refractivity contribution in [1.29, 1.82) is 0 Å². The van der Waals surface area contributed by atoms with Crippen LogP contribution in [0.5, 0.6) is 0 Å². The van der Waals surface area contributed by atoms with Crippen LogP contribution in [-0.4, -0.2) is 28.5 Å². The molecule has 0 unspecified atom stereocenters. The van der Waals surface area contributed by atoms with Crippen LogP contribution in [0, 0.1) is 6.92 Å². The van der Waals surface area contributed by atoms with E-state index in [0.29, 0.717) is 5.69 Å². The van der Waals surface area contributed by atoms with Gasteiger partial charge in [-0.25, -0.2) is 4.79 Å². The zero-order chi connectivity index (χ0) is 8.27. The van der Waals surface area contributed by atoms with E-state index in [1.165, 1.54) is 13.2 Å². The topological polar surface area (TPSA) is 65.0 Å². The number of carbonyl (C=O) groups excluding carboxylic acids is 1. The first-order valence-electron chi connectivity index (χ1n) is 2.99. The molecule has 0 aliphatic heterocycles. The third-order valence-corrected chi connectivity index (χ3v) is 1.10. The van der Waals surface area contributed by atoms with Crippen molar-refractivity contribution < 1.29 is 9.53 Å². The van der Waals surface area contributed by atoms with Crippen molar-refractivity contribution in [3.05, 3.63) is 17.5 Å². The maximum Gasteiger partial charge on any atom is 0.358 e. The van der Waals surface area contributed by atoms with Crippen LogP contribution < -0.4 is 0 Å². The van der Waals surface area contributed by atoms with E-state index in [-0.39, 0.29) is 5.69 Å². The number of rotatable bonds is 1. The Morgan fingerprint density at radius 1 is 1.55 bits per heavy atom. The first kappa shape index (κ1) is 7.59. The molecule has 0 saturated carbocycles. The average Bonchev–Trinajstić information content (AvgIpc) is 2.03. The van der Waals surface area contributed by atoms with Crippen molar-refractivity contribution in [2.75, 3.05) is 7.11 Å². The highest BCUT2D eigenvalue weighted by molar-refractivity contribution is 5.86. The number of nitrogens with zero attached hydrogens (tertiary/aromatic N) is 3. The Balaban J connectivity index is 2.96. The number of methoxy groups -OCH3 is 1. The second-order valence-corrected chi connectivity index (χ2v) is 1.95. The molecule has 0 spiro atoms. The molecule has 0 amide bonds. The largest absolute Gasteiger partial charge is 0.464 e. The highest BCUT2D eigenvalue weighted by Crippen LogP contribution is 1.95. The molecule has 1 heterocycles. The van der Waals surface area contributed by atoms with E-state index >= 15 is 0 Å². The van der Waals surface area contributed by atoms with Gasteiger partial charge in [-0.05, 0) is 18.2 Å². The first-order chi connectivity index (χ1) is 5.24. The molecule has 0 aromatic carbocycles. The van der Waals surface area contributed by atoms with Gasteiger partial charge in [0.25, 0.3) is 0 Å². The van der Waals surface area contributed by atoms with E-state index in [1.807, 2.05) is 0 Å². The summed E-state index contributed by atoms with van der Waals surface area (Å²) in [6, 6.07) is 1.51. The predicted octanol–water partition coefficient (Wildman–Crippen LogP) is -0.0334. The van der Waals surface area contributed by atoms with Gasteiger partial charge in [0.1, 0.15) is 0 Å². The van der Waals surface area contributed by atoms with Gasteiger partial charge >= 0.3 is 5.97 Å². The Kier molecular flexibility index (Phi) is 2.10. The third kappa shape index (κ3) is 1.70. The van der Waals surface area contributed by atoms with Crippen LogP contribution in [0.25, 0.3) is 0 Å². The number of carbonyl (C=O) groups is 1. The van der Waals surface area contributed by atoms with Crippen molar-refractivity contribution in [1.82, 2.24) is 15.4 Å². The zero-order valence-electron chi connectivity index (χ0n) is 6.24. The van der Waals surface area contributed by atoms with Gasteiger partial charge in [-0.3, -0.25) is 0 Å². The maximum atomic E-state index is 10.8. The SMILES string of the molecule is COC(=O)c1cc(C)nnn1. The lowest BCUT2D eigenvalue weighted by atomic mass is 10.3. The van der Waals surface area contributed by atoms with E-state index < -0.39 is 5.97 Å². The fourth-order valence-corrected chi connectivity index (χ4v) is 0.601. The molecule has 0 atom stereocenters. The van der Waals surface area contributed by atoms with Crippen molar-refractivity contribution in [2.45, 2.75) is 6.92 Å². The molecule has 0 bridgehead atoms. The molecule has 1 rings (SSSR count). The lowest BCUT2D eigenvalue weighted by molar-refractivity contribution is 0.0592. The van der Waals surface area contributed by atoms with Gasteiger partial charge in [-0.2, -0.15) is 0 Å². The standard InChI is InChI=1S/C6H7N3O2/c1-4-3-5(6(10)11-2)8-9-7-4/h3H,1-2H3. The van der Waals surface area contributed by atoms with E-state index in [1.54, 1.807) is 6.92 Å². The highest BCUT2D eigenvalue weighted by Gasteiger charge is 2.06. The van der Waals surface area contributed by atoms with Crippen molar-refractivity contribution >= 4 is 5.97 Å². The monoisotopic (exact) mass is 153 g/mol. The number of aromatic nitrogens is 3. The summed E-state index contributed by atoms with van der Waals surface area (Å²) in [5.74, 6) is -0.497. The number of hydrogen-bond donors (Lipinski definition) is 0. The Morgan fingerprint density at radius 2 is 2.27 bits per heavy atom. The van der Waals surface area contributed by atoms with Crippen LogP contribution in [0.2, 0.25) is 0 Å². The fourth-order valence-electron chi connectivity index (χ4n) is 0.601. The Hall–Kier alpha value is -1.52. The molecule has 11 heavy (non-hydrogen) atoms. The summed E-state index contributed by atoms with van der Waals surface area (Å²) in [5, 5.41) is 10.4. The third-order valence-electron chi connectivity index (χ3n) is 1.10. The quantitative estimate of drug-likeness (QED) is 0.530. The molecule has 5 heteroatoms. The molecular weight excluding hydrogens is 146 g/mol. The Labute approximate surface area is 63.4 Å². The number of aryl methyl sites for hydroxylation is 1. The van der Waals surface area contributed by atoms with E-state index in [4.69, 9.17) is 0 Å². The van der Waals surface area contributed by atoms with Gasteiger partial charge < -0.3 is 4.74 Å². The summed E-state index contributed by atoms with van der Waals surface area (Å²) in [5.41, 5.74) is 0.820. The predicted molar refractivity (Wildman–Crippen MR) is 35.9 cm³/mol. The molecular formula is C6H7N3O2. The van der Waals surface area contributed by atoms with Crippen LogP contribution >= 0.6 is 0 Å². The van der Waals surface area contributed by atoms with E-state index in [9.17, 15) is 4.79 Å². The van der Waals surface area contributed by atoms with E-state index in [0.717, 1.165) is 0 Å².